The van der Waals surface area contributed by atoms with Crippen LogP contribution in [0.5, 0.6) is 0 Å². The van der Waals surface area contributed by atoms with Crippen molar-refractivity contribution in [2.75, 3.05) is 0 Å². The molecule has 0 radical (unpaired) electrons. The van der Waals surface area contributed by atoms with Crippen molar-refractivity contribution >= 4 is 0 Å². The molecule has 0 amide bonds. The van der Waals surface area contributed by atoms with Crippen LogP contribution in [0.3, 0.4) is 0 Å². The summed E-state index contributed by atoms with van der Waals surface area (Å²) < 4.78 is 0. The average molecular weight is 255 g/mol. The number of rotatable bonds is 2. The molecule has 1 heteroatoms. The molecule has 0 heterocycles. The lowest BCUT2D eigenvalue weighted by Crippen LogP contribution is -2.25. The van der Waals surface area contributed by atoms with Crippen molar-refractivity contribution in [3.8, 4) is 6.07 Å². The number of nitrogens with zero attached hydrogens (tertiary/aromatic N) is 1. The summed E-state index contributed by atoms with van der Waals surface area (Å²) in [6.07, 6.45) is 5.77. The monoisotopic (exact) mass is 255 g/mol. The lowest BCUT2D eigenvalue weighted by atomic mass is 9.68. The van der Waals surface area contributed by atoms with Crippen LogP contribution in [-0.4, -0.2) is 0 Å². The van der Waals surface area contributed by atoms with Gasteiger partial charge < -0.3 is 0 Å². The Labute approximate surface area is 117 Å². The van der Waals surface area contributed by atoms with Crippen LogP contribution in [0.25, 0.3) is 0 Å². The van der Waals surface area contributed by atoms with Crippen LogP contribution in [0.2, 0.25) is 0 Å². The molecule has 1 aliphatic rings. The second-order valence-electron chi connectivity index (χ2n) is 6.95. The summed E-state index contributed by atoms with van der Waals surface area (Å²) >= 11 is 0. The summed E-state index contributed by atoms with van der Waals surface area (Å²) in [7, 11) is 0. The van der Waals surface area contributed by atoms with Gasteiger partial charge in [0.1, 0.15) is 0 Å². The van der Waals surface area contributed by atoms with Crippen molar-refractivity contribution in [1.82, 2.24) is 0 Å². The van der Waals surface area contributed by atoms with Crippen molar-refractivity contribution in [3.63, 3.8) is 0 Å². The zero-order chi connectivity index (χ0) is 13.9. The Hall–Kier alpha value is -1.29. The van der Waals surface area contributed by atoms with E-state index in [1.165, 1.54) is 36.8 Å². The van der Waals surface area contributed by atoms with Gasteiger partial charge in [-0.25, -0.2) is 0 Å². The first-order valence-corrected chi connectivity index (χ1v) is 7.47. The normalized spacial score (nSPS) is 23.9. The number of nitriles is 1. The van der Waals surface area contributed by atoms with E-state index in [1.54, 1.807) is 0 Å². The molecule has 0 aliphatic heterocycles. The Morgan fingerprint density at radius 2 is 1.74 bits per heavy atom. The van der Waals surface area contributed by atoms with Gasteiger partial charge in [0.15, 0.2) is 0 Å². The van der Waals surface area contributed by atoms with E-state index in [0.29, 0.717) is 17.8 Å². The topological polar surface area (TPSA) is 23.8 Å². The summed E-state index contributed by atoms with van der Waals surface area (Å²) in [5.41, 5.74) is 3.11. The fourth-order valence-corrected chi connectivity index (χ4v) is 3.45. The van der Waals surface area contributed by atoms with E-state index in [9.17, 15) is 0 Å². The standard InChI is InChI=1S/C18H25N/c1-18(2,3)16-10-8-15(9-11-16)17-7-5-4-6-14(17)12-13-19/h4-7,15-16H,8-12H2,1-3H3. The van der Waals surface area contributed by atoms with Gasteiger partial charge in [0.2, 0.25) is 0 Å². The highest BCUT2D eigenvalue weighted by atomic mass is 14.4. The number of benzene rings is 1. The van der Waals surface area contributed by atoms with Gasteiger partial charge >= 0.3 is 0 Å². The summed E-state index contributed by atoms with van der Waals surface area (Å²) in [5, 5.41) is 8.94. The lowest BCUT2D eigenvalue weighted by Gasteiger charge is -2.37. The van der Waals surface area contributed by atoms with Gasteiger partial charge in [-0.05, 0) is 54.1 Å². The molecular weight excluding hydrogens is 230 g/mol. The predicted molar refractivity (Wildman–Crippen MR) is 79.9 cm³/mol. The van der Waals surface area contributed by atoms with Crippen LogP contribution in [0.1, 0.15) is 63.5 Å². The van der Waals surface area contributed by atoms with Crippen molar-refractivity contribution in [3.05, 3.63) is 35.4 Å². The molecule has 0 bridgehead atoms. The van der Waals surface area contributed by atoms with Crippen LogP contribution in [0.15, 0.2) is 24.3 Å². The molecule has 1 nitrogen and oxygen atoms in total. The molecule has 0 saturated heterocycles. The molecular formula is C18H25N. The first-order chi connectivity index (χ1) is 9.02. The summed E-state index contributed by atoms with van der Waals surface area (Å²) in [6.45, 7) is 7.09. The molecule has 1 saturated carbocycles. The Kier molecular flexibility index (Phi) is 4.30. The van der Waals surface area contributed by atoms with E-state index in [2.05, 4.69) is 51.1 Å². The number of hydrogen-bond acceptors (Lipinski definition) is 1. The van der Waals surface area contributed by atoms with Gasteiger partial charge in [0, 0.05) is 0 Å². The van der Waals surface area contributed by atoms with Crippen LogP contribution < -0.4 is 0 Å². The molecule has 1 aliphatic carbocycles. The molecule has 1 fully saturated rings. The van der Waals surface area contributed by atoms with Crippen LogP contribution in [0.4, 0.5) is 0 Å². The summed E-state index contributed by atoms with van der Waals surface area (Å²) in [4.78, 5) is 0. The van der Waals surface area contributed by atoms with Gasteiger partial charge in [0.25, 0.3) is 0 Å². The molecule has 102 valence electrons. The SMILES string of the molecule is CC(C)(C)C1CCC(c2ccccc2CC#N)CC1. The minimum Gasteiger partial charge on any atom is -0.198 e. The summed E-state index contributed by atoms with van der Waals surface area (Å²) in [6, 6.07) is 10.8. The molecule has 0 unspecified atom stereocenters. The van der Waals surface area contributed by atoms with E-state index in [4.69, 9.17) is 5.26 Å². The molecule has 0 N–H and O–H groups in total. The zero-order valence-electron chi connectivity index (χ0n) is 12.4. The Bertz CT molecular complexity index is 453. The molecule has 0 aromatic heterocycles. The zero-order valence-corrected chi connectivity index (χ0v) is 12.4. The van der Waals surface area contributed by atoms with E-state index in [-0.39, 0.29) is 0 Å². The van der Waals surface area contributed by atoms with Gasteiger partial charge in [0.05, 0.1) is 12.5 Å². The van der Waals surface area contributed by atoms with Crippen LogP contribution >= 0.6 is 0 Å². The second kappa shape index (κ2) is 5.78. The van der Waals surface area contributed by atoms with E-state index < -0.39 is 0 Å². The van der Waals surface area contributed by atoms with E-state index in [1.807, 2.05) is 0 Å². The van der Waals surface area contributed by atoms with Crippen molar-refractivity contribution in [1.29, 1.82) is 5.26 Å². The summed E-state index contributed by atoms with van der Waals surface area (Å²) in [5.74, 6) is 1.52. The minimum atomic E-state index is 0.442. The maximum absolute atomic E-state index is 8.94. The number of hydrogen-bond donors (Lipinski definition) is 0. The third kappa shape index (κ3) is 3.38. The first-order valence-electron chi connectivity index (χ1n) is 7.47. The van der Waals surface area contributed by atoms with Gasteiger partial charge in [-0.15, -0.1) is 0 Å². The van der Waals surface area contributed by atoms with E-state index in [0.717, 1.165) is 5.92 Å². The average Bonchev–Trinajstić information content (AvgIpc) is 2.39. The van der Waals surface area contributed by atoms with E-state index >= 15 is 0 Å². The molecule has 0 spiro atoms. The van der Waals surface area contributed by atoms with Crippen LogP contribution in [-0.2, 0) is 6.42 Å². The molecule has 0 atom stereocenters. The highest BCUT2D eigenvalue weighted by molar-refractivity contribution is 5.32. The fraction of sp³-hybridized carbons (Fsp3) is 0.611. The molecule has 19 heavy (non-hydrogen) atoms. The van der Waals surface area contributed by atoms with Crippen molar-refractivity contribution in [2.24, 2.45) is 11.3 Å². The first kappa shape index (κ1) is 14.1. The second-order valence-corrected chi connectivity index (χ2v) is 6.95. The lowest BCUT2D eigenvalue weighted by molar-refractivity contribution is 0.169. The van der Waals surface area contributed by atoms with Gasteiger partial charge in [-0.2, -0.15) is 5.26 Å². The quantitative estimate of drug-likeness (QED) is 0.723. The Morgan fingerprint density at radius 1 is 1.11 bits per heavy atom. The maximum atomic E-state index is 8.94. The third-order valence-electron chi connectivity index (χ3n) is 4.72. The molecule has 2 rings (SSSR count). The highest BCUT2D eigenvalue weighted by Gasteiger charge is 2.30. The Balaban J connectivity index is 2.08. The molecule has 1 aromatic rings. The molecule has 1 aromatic carbocycles. The predicted octanol–water partition coefficient (Wildman–Crippen LogP) is 5.07. The van der Waals surface area contributed by atoms with Gasteiger partial charge in [-0.3, -0.25) is 0 Å². The smallest absolute Gasteiger partial charge is 0.0669 e. The van der Waals surface area contributed by atoms with Crippen molar-refractivity contribution in [2.45, 2.75) is 58.8 Å². The van der Waals surface area contributed by atoms with Crippen molar-refractivity contribution < 1.29 is 0 Å². The van der Waals surface area contributed by atoms with Crippen LogP contribution in [0, 0.1) is 22.7 Å². The van der Waals surface area contributed by atoms with Gasteiger partial charge in [-0.1, -0.05) is 45.0 Å². The maximum Gasteiger partial charge on any atom is 0.0669 e. The highest BCUT2D eigenvalue weighted by Crippen LogP contribution is 2.43. The third-order valence-corrected chi connectivity index (χ3v) is 4.72. The largest absolute Gasteiger partial charge is 0.198 e. The fourth-order valence-electron chi connectivity index (χ4n) is 3.45. The Morgan fingerprint density at radius 3 is 2.32 bits per heavy atom. The minimum absolute atomic E-state index is 0.442.